The van der Waals surface area contributed by atoms with Crippen molar-refractivity contribution in [2.75, 3.05) is 12.4 Å². The fourth-order valence-corrected chi connectivity index (χ4v) is 2.34. The third kappa shape index (κ3) is 3.23. The van der Waals surface area contributed by atoms with E-state index in [2.05, 4.69) is 69.2 Å². The zero-order valence-electron chi connectivity index (χ0n) is 13.9. The summed E-state index contributed by atoms with van der Waals surface area (Å²) >= 11 is 0. The molecule has 0 spiro atoms. The first-order valence-corrected chi connectivity index (χ1v) is 7.60. The summed E-state index contributed by atoms with van der Waals surface area (Å²) in [6, 6.07) is 8.70. The van der Waals surface area contributed by atoms with Gasteiger partial charge in [-0.25, -0.2) is 9.97 Å². The smallest absolute Gasteiger partial charge is 0.133 e. The highest BCUT2D eigenvalue weighted by atomic mass is 15.0. The molecule has 0 aliphatic carbocycles. The number of hydrogen-bond donors (Lipinski definition) is 1. The van der Waals surface area contributed by atoms with Crippen LogP contribution in [0.2, 0.25) is 0 Å². The van der Waals surface area contributed by atoms with Gasteiger partial charge in [-0.15, -0.1) is 0 Å². The molecule has 1 heterocycles. The maximum absolute atomic E-state index is 4.77. The van der Waals surface area contributed by atoms with Gasteiger partial charge in [0.1, 0.15) is 11.6 Å². The van der Waals surface area contributed by atoms with E-state index in [1.165, 1.54) is 5.56 Å². The first-order chi connectivity index (χ1) is 9.93. The van der Waals surface area contributed by atoms with Gasteiger partial charge in [0, 0.05) is 24.1 Å². The number of nitrogens with zero attached hydrogens (tertiary/aromatic N) is 2. The topological polar surface area (TPSA) is 37.8 Å². The zero-order chi connectivity index (χ0) is 15.6. The van der Waals surface area contributed by atoms with Crippen molar-refractivity contribution in [1.29, 1.82) is 0 Å². The third-order valence-electron chi connectivity index (χ3n) is 3.77. The number of rotatable bonds is 4. The van der Waals surface area contributed by atoms with Crippen LogP contribution in [0, 0.1) is 6.92 Å². The summed E-state index contributed by atoms with van der Waals surface area (Å²) in [5, 5.41) is 3.18. The minimum absolute atomic E-state index is 0.311. The fourth-order valence-electron chi connectivity index (χ4n) is 2.34. The normalized spacial score (nSPS) is 11.2. The van der Waals surface area contributed by atoms with Crippen molar-refractivity contribution in [2.24, 2.45) is 0 Å². The lowest BCUT2D eigenvalue weighted by Gasteiger charge is -2.14. The third-order valence-corrected chi connectivity index (χ3v) is 3.77. The van der Waals surface area contributed by atoms with Gasteiger partial charge in [-0.1, -0.05) is 52.0 Å². The van der Waals surface area contributed by atoms with E-state index in [4.69, 9.17) is 4.98 Å². The molecule has 0 aliphatic rings. The molecule has 0 amide bonds. The SMILES string of the molecule is CNc1nc(C(C)C)nc(-c2ccc(C(C)C)cc2)c1C. The van der Waals surface area contributed by atoms with Gasteiger partial charge in [0.2, 0.25) is 0 Å². The van der Waals surface area contributed by atoms with Gasteiger partial charge in [0.25, 0.3) is 0 Å². The lowest BCUT2D eigenvalue weighted by Crippen LogP contribution is -2.06. The van der Waals surface area contributed by atoms with Crippen LogP contribution >= 0.6 is 0 Å². The Hall–Kier alpha value is -1.90. The molecule has 3 nitrogen and oxygen atoms in total. The van der Waals surface area contributed by atoms with E-state index in [1.807, 2.05) is 7.05 Å². The minimum Gasteiger partial charge on any atom is -0.373 e. The Morgan fingerprint density at radius 1 is 0.905 bits per heavy atom. The van der Waals surface area contributed by atoms with Crippen molar-refractivity contribution in [3.63, 3.8) is 0 Å². The molecule has 0 fully saturated rings. The van der Waals surface area contributed by atoms with Crippen molar-refractivity contribution in [1.82, 2.24) is 9.97 Å². The molecule has 1 aromatic heterocycles. The lowest BCUT2D eigenvalue weighted by atomic mass is 9.99. The molecular weight excluding hydrogens is 258 g/mol. The maximum atomic E-state index is 4.77. The standard InChI is InChI=1S/C18H25N3/c1-11(2)14-7-9-15(10-8-14)16-13(5)18(19-6)21-17(20-16)12(3)4/h7-12H,1-6H3,(H,19,20,21). The summed E-state index contributed by atoms with van der Waals surface area (Å²) in [7, 11) is 1.91. The lowest BCUT2D eigenvalue weighted by molar-refractivity contribution is 0.775. The Labute approximate surface area is 127 Å². The highest BCUT2D eigenvalue weighted by Gasteiger charge is 2.14. The Morgan fingerprint density at radius 3 is 2.00 bits per heavy atom. The van der Waals surface area contributed by atoms with Crippen molar-refractivity contribution in [2.45, 2.75) is 46.5 Å². The Morgan fingerprint density at radius 2 is 1.52 bits per heavy atom. The van der Waals surface area contributed by atoms with E-state index >= 15 is 0 Å². The minimum atomic E-state index is 0.311. The molecule has 3 heteroatoms. The van der Waals surface area contributed by atoms with Crippen LogP contribution in [0.1, 0.15) is 56.5 Å². The number of aromatic nitrogens is 2. The molecule has 21 heavy (non-hydrogen) atoms. The van der Waals surface area contributed by atoms with Gasteiger partial charge in [-0.05, 0) is 18.4 Å². The predicted molar refractivity (Wildman–Crippen MR) is 89.9 cm³/mol. The van der Waals surface area contributed by atoms with E-state index < -0.39 is 0 Å². The monoisotopic (exact) mass is 283 g/mol. The van der Waals surface area contributed by atoms with Crippen molar-refractivity contribution >= 4 is 5.82 Å². The zero-order valence-corrected chi connectivity index (χ0v) is 13.9. The molecule has 0 bridgehead atoms. The van der Waals surface area contributed by atoms with Crippen molar-refractivity contribution < 1.29 is 0 Å². The van der Waals surface area contributed by atoms with E-state index in [1.54, 1.807) is 0 Å². The van der Waals surface area contributed by atoms with Crippen LogP contribution in [0.3, 0.4) is 0 Å². The second kappa shape index (κ2) is 6.25. The molecule has 1 N–H and O–H groups in total. The molecule has 0 unspecified atom stereocenters. The highest BCUT2D eigenvalue weighted by Crippen LogP contribution is 2.28. The molecule has 2 aromatic rings. The molecule has 0 aliphatic heterocycles. The number of anilines is 1. The maximum Gasteiger partial charge on any atom is 0.133 e. The van der Waals surface area contributed by atoms with Crippen LogP contribution < -0.4 is 5.32 Å². The molecule has 0 atom stereocenters. The summed E-state index contributed by atoms with van der Waals surface area (Å²) in [4.78, 5) is 9.37. The van der Waals surface area contributed by atoms with E-state index in [-0.39, 0.29) is 0 Å². The molecule has 112 valence electrons. The highest BCUT2D eigenvalue weighted by molar-refractivity contribution is 5.68. The summed E-state index contributed by atoms with van der Waals surface area (Å²) in [6.07, 6.45) is 0. The summed E-state index contributed by atoms with van der Waals surface area (Å²) in [5.41, 5.74) is 4.62. The van der Waals surface area contributed by atoms with E-state index in [9.17, 15) is 0 Å². The quantitative estimate of drug-likeness (QED) is 0.880. The van der Waals surface area contributed by atoms with Crippen molar-refractivity contribution in [3.8, 4) is 11.3 Å². The van der Waals surface area contributed by atoms with Crippen LogP contribution in [0.4, 0.5) is 5.82 Å². The number of benzene rings is 1. The largest absolute Gasteiger partial charge is 0.373 e. The predicted octanol–water partition coefficient (Wildman–Crippen LogP) is 4.74. The second-order valence-corrected chi connectivity index (χ2v) is 6.09. The Kier molecular flexibility index (Phi) is 4.61. The van der Waals surface area contributed by atoms with E-state index in [0.717, 1.165) is 28.5 Å². The van der Waals surface area contributed by atoms with Gasteiger partial charge in [0.05, 0.1) is 5.69 Å². The average molecular weight is 283 g/mol. The van der Waals surface area contributed by atoms with Gasteiger partial charge < -0.3 is 5.32 Å². The first kappa shape index (κ1) is 15.5. The molecule has 1 aromatic carbocycles. The molecule has 0 saturated carbocycles. The molecule has 0 saturated heterocycles. The van der Waals surface area contributed by atoms with Gasteiger partial charge in [-0.3, -0.25) is 0 Å². The first-order valence-electron chi connectivity index (χ1n) is 7.60. The average Bonchev–Trinajstić information content (AvgIpc) is 2.47. The van der Waals surface area contributed by atoms with Crippen molar-refractivity contribution in [3.05, 3.63) is 41.2 Å². The van der Waals surface area contributed by atoms with Crippen LogP contribution in [0.5, 0.6) is 0 Å². The van der Waals surface area contributed by atoms with Gasteiger partial charge >= 0.3 is 0 Å². The number of nitrogens with one attached hydrogen (secondary N) is 1. The van der Waals surface area contributed by atoms with Gasteiger partial charge in [-0.2, -0.15) is 0 Å². The van der Waals surface area contributed by atoms with Crippen LogP contribution in [-0.4, -0.2) is 17.0 Å². The van der Waals surface area contributed by atoms with Gasteiger partial charge in [0.15, 0.2) is 0 Å². The Balaban J connectivity index is 2.53. The van der Waals surface area contributed by atoms with Crippen LogP contribution in [0.15, 0.2) is 24.3 Å². The summed E-state index contributed by atoms with van der Waals surface area (Å²) in [5.74, 6) is 2.65. The molecule has 0 radical (unpaired) electrons. The summed E-state index contributed by atoms with van der Waals surface area (Å²) < 4.78 is 0. The Bertz CT molecular complexity index is 613. The fraction of sp³-hybridized carbons (Fsp3) is 0.444. The van der Waals surface area contributed by atoms with E-state index in [0.29, 0.717) is 11.8 Å². The molecule has 2 rings (SSSR count). The van der Waals surface area contributed by atoms with Crippen LogP contribution in [-0.2, 0) is 0 Å². The molecular formula is C18H25N3. The summed E-state index contributed by atoms with van der Waals surface area (Å²) in [6.45, 7) is 10.7. The number of hydrogen-bond acceptors (Lipinski definition) is 3. The van der Waals surface area contributed by atoms with Crippen LogP contribution in [0.25, 0.3) is 11.3 Å². The second-order valence-electron chi connectivity index (χ2n) is 6.09.